The number of carbonyl (C=O) groups is 2. The maximum absolute atomic E-state index is 12.6. The topological polar surface area (TPSA) is 104 Å². The van der Waals surface area contributed by atoms with E-state index in [0.717, 1.165) is 43.3 Å². The molecule has 172 valence electrons. The normalized spacial score (nSPS) is 14.3. The Balaban J connectivity index is 1.50. The molecule has 1 fully saturated rings. The van der Waals surface area contributed by atoms with Crippen LogP contribution in [0.15, 0.2) is 35.3 Å². The fraction of sp³-hybridized carbons (Fsp3) is 0.478. The molecule has 1 aromatic heterocycles. The predicted octanol–water partition coefficient (Wildman–Crippen LogP) is 1.22. The van der Waals surface area contributed by atoms with Crippen LogP contribution in [0.1, 0.15) is 40.7 Å². The molecule has 9 heteroatoms. The van der Waals surface area contributed by atoms with Crippen molar-refractivity contribution < 1.29 is 9.59 Å². The van der Waals surface area contributed by atoms with Gasteiger partial charge in [-0.2, -0.15) is 5.10 Å². The van der Waals surface area contributed by atoms with Gasteiger partial charge in [0.2, 0.25) is 5.91 Å². The monoisotopic (exact) mass is 439 g/mol. The molecule has 32 heavy (non-hydrogen) atoms. The molecule has 2 heterocycles. The lowest BCUT2D eigenvalue weighted by Gasteiger charge is -2.26. The molecule has 1 aliphatic heterocycles. The second-order valence-corrected chi connectivity index (χ2v) is 7.90. The molecule has 2 aromatic rings. The minimum absolute atomic E-state index is 0.113. The van der Waals surface area contributed by atoms with Gasteiger partial charge in [0.05, 0.1) is 18.8 Å². The molecule has 1 aliphatic rings. The maximum atomic E-state index is 12.6. The van der Waals surface area contributed by atoms with Crippen LogP contribution >= 0.6 is 0 Å². The molecule has 0 bridgehead atoms. The summed E-state index contributed by atoms with van der Waals surface area (Å²) in [4.78, 5) is 30.3. The van der Waals surface area contributed by atoms with Gasteiger partial charge >= 0.3 is 0 Å². The predicted molar refractivity (Wildman–Crippen MR) is 124 cm³/mol. The summed E-state index contributed by atoms with van der Waals surface area (Å²) in [5, 5.41) is 13.8. The molecule has 9 nitrogen and oxygen atoms in total. The van der Waals surface area contributed by atoms with Crippen molar-refractivity contribution in [1.29, 1.82) is 0 Å². The minimum Gasteiger partial charge on any atom is -0.357 e. The Morgan fingerprint density at radius 3 is 2.66 bits per heavy atom. The Morgan fingerprint density at radius 1 is 1.22 bits per heavy atom. The number of nitrogens with one attached hydrogen (secondary N) is 3. The van der Waals surface area contributed by atoms with Crippen molar-refractivity contribution in [3.05, 3.63) is 52.8 Å². The molecule has 0 spiro atoms. The van der Waals surface area contributed by atoms with Gasteiger partial charge in [-0.15, -0.1) is 0 Å². The summed E-state index contributed by atoms with van der Waals surface area (Å²) in [7, 11) is 0. The summed E-state index contributed by atoms with van der Waals surface area (Å²) in [6.45, 7) is 10.2. The van der Waals surface area contributed by atoms with E-state index in [-0.39, 0.29) is 18.4 Å². The van der Waals surface area contributed by atoms with Crippen LogP contribution in [0.25, 0.3) is 0 Å². The van der Waals surface area contributed by atoms with Gasteiger partial charge in [-0.05, 0) is 51.0 Å². The standard InChI is InChI=1S/C23H33N7O2/c1-4-24-23(26-10-5-12-30-18(3)14-17(2)28-30)27-15-19-6-8-20(9-7-19)22(32)29-13-11-25-21(31)16-29/h6-9,14H,4-5,10-13,15-16H2,1-3H3,(H,25,31)(H2,24,26,27). The van der Waals surface area contributed by atoms with E-state index >= 15 is 0 Å². The molecule has 3 rings (SSSR count). The number of amides is 2. The molecular weight excluding hydrogens is 406 g/mol. The van der Waals surface area contributed by atoms with Crippen molar-refractivity contribution >= 4 is 17.8 Å². The van der Waals surface area contributed by atoms with Gasteiger partial charge in [0.15, 0.2) is 5.96 Å². The zero-order valence-electron chi connectivity index (χ0n) is 19.1. The molecule has 1 aromatic carbocycles. The number of aryl methyl sites for hydroxylation is 3. The summed E-state index contributed by atoms with van der Waals surface area (Å²) >= 11 is 0. The third-order valence-electron chi connectivity index (χ3n) is 5.23. The SMILES string of the molecule is CCNC(=NCc1ccc(C(=O)N2CCNC(=O)C2)cc1)NCCCn1nc(C)cc1C. The third kappa shape index (κ3) is 6.57. The lowest BCUT2D eigenvalue weighted by molar-refractivity contribution is -0.123. The van der Waals surface area contributed by atoms with Crippen molar-refractivity contribution in [3.8, 4) is 0 Å². The highest BCUT2D eigenvalue weighted by atomic mass is 16.2. The number of aromatic nitrogens is 2. The van der Waals surface area contributed by atoms with Crippen LogP contribution < -0.4 is 16.0 Å². The quantitative estimate of drug-likeness (QED) is 0.326. The summed E-state index contributed by atoms with van der Waals surface area (Å²) in [5.74, 6) is 0.529. The fourth-order valence-corrected chi connectivity index (χ4v) is 3.60. The van der Waals surface area contributed by atoms with Crippen LogP contribution in [0, 0.1) is 13.8 Å². The molecule has 3 N–H and O–H groups in total. The summed E-state index contributed by atoms with van der Waals surface area (Å²) in [6.07, 6.45) is 0.942. The van der Waals surface area contributed by atoms with Gasteiger partial charge < -0.3 is 20.9 Å². The van der Waals surface area contributed by atoms with Crippen LogP contribution in [0.4, 0.5) is 0 Å². The lowest BCUT2D eigenvalue weighted by Crippen LogP contribution is -2.49. The Kier molecular flexibility index (Phi) is 8.24. The number of piperazine rings is 1. The number of hydrogen-bond donors (Lipinski definition) is 3. The van der Waals surface area contributed by atoms with Crippen molar-refractivity contribution in [2.45, 2.75) is 40.3 Å². The van der Waals surface area contributed by atoms with Crippen LogP contribution in [-0.4, -0.2) is 65.2 Å². The van der Waals surface area contributed by atoms with Gasteiger partial charge in [0, 0.05) is 44.0 Å². The van der Waals surface area contributed by atoms with Crippen molar-refractivity contribution in [3.63, 3.8) is 0 Å². The molecule has 0 atom stereocenters. The zero-order chi connectivity index (χ0) is 22.9. The number of carbonyl (C=O) groups excluding carboxylic acids is 2. The molecule has 0 saturated carbocycles. The summed E-state index contributed by atoms with van der Waals surface area (Å²) in [6, 6.07) is 9.50. The Morgan fingerprint density at radius 2 is 2.00 bits per heavy atom. The molecule has 2 amide bonds. The second kappa shape index (κ2) is 11.3. The number of benzene rings is 1. The highest BCUT2D eigenvalue weighted by Crippen LogP contribution is 2.10. The first-order valence-corrected chi connectivity index (χ1v) is 11.1. The smallest absolute Gasteiger partial charge is 0.254 e. The van der Waals surface area contributed by atoms with E-state index in [2.05, 4.69) is 39.0 Å². The summed E-state index contributed by atoms with van der Waals surface area (Å²) in [5.41, 5.74) is 3.81. The van der Waals surface area contributed by atoms with Crippen LogP contribution in [-0.2, 0) is 17.9 Å². The highest BCUT2D eigenvalue weighted by molar-refractivity contribution is 5.97. The minimum atomic E-state index is -0.118. The Bertz CT molecular complexity index is 950. The average Bonchev–Trinajstić information content (AvgIpc) is 3.11. The average molecular weight is 440 g/mol. The third-order valence-corrected chi connectivity index (χ3v) is 5.23. The van der Waals surface area contributed by atoms with E-state index in [1.807, 2.05) is 30.7 Å². The number of aliphatic imine (C=N–C) groups is 1. The highest BCUT2D eigenvalue weighted by Gasteiger charge is 2.22. The fourth-order valence-electron chi connectivity index (χ4n) is 3.60. The van der Waals surface area contributed by atoms with Gasteiger partial charge in [-0.1, -0.05) is 12.1 Å². The van der Waals surface area contributed by atoms with Crippen molar-refractivity contribution in [1.82, 2.24) is 30.6 Å². The van der Waals surface area contributed by atoms with E-state index in [1.54, 1.807) is 17.0 Å². The van der Waals surface area contributed by atoms with E-state index in [4.69, 9.17) is 0 Å². The molecule has 0 radical (unpaired) electrons. The van der Waals surface area contributed by atoms with E-state index < -0.39 is 0 Å². The van der Waals surface area contributed by atoms with E-state index in [1.165, 1.54) is 5.69 Å². The molecular formula is C23H33N7O2. The van der Waals surface area contributed by atoms with Crippen LogP contribution in [0.2, 0.25) is 0 Å². The van der Waals surface area contributed by atoms with Gasteiger partial charge in [-0.25, -0.2) is 4.99 Å². The second-order valence-electron chi connectivity index (χ2n) is 7.90. The Labute approximate surface area is 189 Å². The number of guanidine groups is 1. The number of rotatable bonds is 8. The number of nitrogens with zero attached hydrogens (tertiary/aromatic N) is 4. The van der Waals surface area contributed by atoms with Crippen molar-refractivity contribution in [2.24, 2.45) is 4.99 Å². The largest absolute Gasteiger partial charge is 0.357 e. The molecule has 0 aliphatic carbocycles. The first-order valence-electron chi connectivity index (χ1n) is 11.1. The van der Waals surface area contributed by atoms with Gasteiger partial charge in [0.1, 0.15) is 0 Å². The zero-order valence-corrected chi connectivity index (χ0v) is 19.1. The van der Waals surface area contributed by atoms with Gasteiger partial charge in [-0.3, -0.25) is 14.3 Å². The van der Waals surface area contributed by atoms with Crippen molar-refractivity contribution in [2.75, 3.05) is 32.7 Å². The first kappa shape index (κ1) is 23.3. The summed E-state index contributed by atoms with van der Waals surface area (Å²) < 4.78 is 2.03. The van der Waals surface area contributed by atoms with Crippen LogP contribution in [0.5, 0.6) is 0 Å². The molecule has 1 saturated heterocycles. The number of hydrogen-bond acceptors (Lipinski definition) is 4. The molecule has 0 unspecified atom stereocenters. The Hall–Kier alpha value is -3.36. The van der Waals surface area contributed by atoms with E-state index in [9.17, 15) is 9.59 Å². The lowest BCUT2D eigenvalue weighted by atomic mass is 10.1. The van der Waals surface area contributed by atoms with Gasteiger partial charge in [0.25, 0.3) is 5.91 Å². The maximum Gasteiger partial charge on any atom is 0.254 e. The van der Waals surface area contributed by atoms with E-state index in [0.29, 0.717) is 25.2 Å². The first-order chi connectivity index (χ1) is 15.5. The van der Waals surface area contributed by atoms with Crippen LogP contribution in [0.3, 0.4) is 0 Å².